The van der Waals surface area contributed by atoms with Crippen LogP contribution >= 0.6 is 11.8 Å². The van der Waals surface area contributed by atoms with E-state index in [9.17, 15) is 4.79 Å². The van der Waals surface area contributed by atoms with Gasteiger partial charge in [0.1, 0.15) is 5.25 Å². The van der Waals surface area contributed by atoms with E-state index in [0.29, 0.717) is 11.7 Å². The smallest absolute Gasteiger partial charge is 0.318 e. The summed E-state index contributed by atoms with van der Waals surface area (Å²) >= 11 is 1.35. The van der Waals surface area contributed by atoms with Crippen LogP contribution in [0.1, 0.15) is 13.8 Å². The predicted octanol–water partition coefficient (Wildman–Crippen LogP) is 4.83. The molecule has 2 heterocycles. The molecule has 0 aliphatic carbocycles. The highest BCUT2D eigenvalue weighted by Gasteiger charge is 2.22. The zero-order valence-electron chi connectivity index (χ0n) is 17.1. The highest BCUT2D eigenvalue weighted by Crippen LogP contribution is 2.33. The molecular formula is C23H22N4O2S. The topological polar surface area (TPSA) is 69.9 Å². The first-order valence-electron chi connectivity index (χ1n) is 9.75. The number of ether oxygens (including phenoxy) is 1. The minimum atomic E-state index is -0.369. The Kier molecular flexibility index (Phi) is 5.81. The summed E-state index contributed by atoms with van der Waals surface area (Å²) < 4.78 is 6.87. The van der Waals surface area contributed by atoms with Crippen molar-refractivity contribution in [1.82, 2.24) is 19.7 Å². The summed E-state index contributed by atoms with van der Waals surface area (Å²) in [6.45, 7) is 4.53. The molecule has 4 rings (SSSR count). The minimum absolute atomic E-state index is 0.284. The van der Waals surface area contributed by atoms with E-state index in [1.807, 2.05) is 66.1 Å². The normalized spacial score (nSPS) is 12.1. The second kappa shape index (κ2) is 8.67. The first-order valence-corrected chi connectivity index (χ1v) is 10.6. The molecule has 6 nitrogen and oxygen atoms in total. The Balaban J connectivity index is 1.86. The Labute approximate surface area is 179 Å². The Morgan fingerprint density at radius 3 is 2.57 bits per heavy atom. The SMILES string of the molecule is CCn1c(SC(C)C(=O)OC)nnc1-c1cc(-c2ccccc2)nc2ccccc12. The minimum Gasteiger partial charge on any atom is -0.468 e. The van der Waals surface area contributed by atoms with Crippen LogP contribution in [0.3, 0.4) is 0 Å². The van der Waals surface area contributed by atoms with Crippen LogP contribution < -0.4 is 0 Å². The summed E-state index contributed by atoms with van der Waals surface area (Å²) in [5.41, 5.74) is 3.79. The monoisotopic (exact) mass is 418 g/mol. The molecular weight excluding hydrogens is 396 g/mol. The number of fused-ring (bicyclic) bond motifs is 1. The number of hydrogen-bond donors (Lipinski definition) is 0. The summed E-state index contributed by atoms with van der Waals surface area (Å²) in [7, 11) is 1.39. The number of thioether (sulfide) groups is 1. The molecule has 0 saturated carbocycles. The van der Waals surface area contributed by atoms with Gasteiger partial charge in [0, 0.05) is 23.1 Å². The molecule has 1 atom stereocenters. The molecule has 4 aromatic rings. The maximum absolute atomic E-state index is 11.9. The van der Waals surface area contributed by atoms with Crippen molar-refractivity contribution in [1.29, 1.82) is 0 Å². The first kappa shape index (κ1) is 20.1. The number of rotatable bonds is 6. The van der Waals surface area contributed by atoms with Crippen LogP contribution in [0.4, 0.5) is 0 Å². The van der Waals surface area contributed by atoms with Crippen LogP contribution in [-0.2, 0) is 16.1 Å². The van der Waals surface area contributed by atoms with E-state index in [4.69, 9.17) is 9.72 Å². The molecule has 0 radical (unpaired) electrons. The van der Waals surface area contributed by atoms with Crippen LogP contribution in [0.15, 0.2) is 65.8 Å². The van der Waals surface area contributed by atoms with Crippen LogP contribution in [0.5, 0.6) is 0 Å². The summed E-state index contributed by atoms with van der Waals surface area (Å²) in [5.74, 6) is 0.473. The number of nitrogens with zero attached hydrogens (tertiary/aromatic N) is 4. The molecule has 7 heteroatoms. The number of benzene rings is 2. The average Bonchev–Trinajstić information content (AvgIpc) is 3.20. The number of aromatic nitrogens is 4. The quantitative estimate of drug-likeness (QED) is 0.330. The highest BCUT2D eigenvalue weighted by molar-refractivity contribution is 8.00. The van der Waals surface area contributed by atoms with Gasteiger partial charge in [0.2, 0.25) is 0 Å². The van der Waals surface area contributed by atoms with E-state index in [0.717, 1.165) is 33.5 Å². The Hall–Kier alpha value is -3.19. The number of methoxy groups -OCH3 is 1. The third kappa shape index (κ3) is 3.80. The summed E-state index contributed by atoms with van der Waals surface area (Å²) in [4.78, 5) is 16.7. The second-order valence-electron chi connectivity index (χ2n) is 6.77. The highest BCUT2D eigenvalue weighted by atomic mass is 32.2. The van der Waals surface area contributed by atoms with Gasteiger partial charge in [-0.25, -0.2) is 4.98 Å². The lowest BCUT2D eigenvalue weighted by Crippen LogP contribution is -2.15. The predicted molar refractivity (Wildman–Crippen MR) is 119 cm³/mol. The van der Waals surface area contributed by atoms with E-state index >= 15 is 0 Å². The third-order valence-corrected chi connectivity index (χ3v) is 5.93. The Bertz CT molecular complexity index is 1190. The van der Waals surface area contributed by atoms with Crippen molar-refractivity contribution < 1.29 is 9.53 Å². The van der Waals surface area contributed by atoms with E-state index in [2.05, 4.69) is 16.3 Å². The number of carbonyl (C=O) groups excluding carboxylic acids is 1. The molecule has 0 aliphatic rings. The molecule has 0 N–H and O–H groups in total. The summed E-state index contributed by atoms with van der Waals surface area (Å²) in [6.07, 6.45) is 0. The van der Waals surface area contributed by atoms with Gasteiger partial charge in [0.15, 0.2) is 11.0 Å². The average molecular weight is 419 g/mol. The number of esters is 1. The Morgan fingerprint density at radius 2 is 1.83 bits per heavy atom. The van der Waals surface area contributed by atoms with Gasteiger partial charge in [0.05, 0.1) is 18.3 Å². The standard InChI is InChI=1S/C23H22N4O2S/c1-4-27-21(25-26-23(27)30-15(2)22(28)29-3)18-14-20(16-10-6-5-7-11-16)24-19-13-9-8-12-17(18)19/h5-15H,4H2,1-3H3. The number of para-hydroxylation sites is 1. The van der Waals surface area contributed by atoms with Gasteiger partial charge in [-0.15, -0.1) is 10.2 Å². The molecule has 0 aliphatic heterocycles. The van der Waals surface area contributed by atoms with Gasteiger partial charge in [-0.05, 0) is 26.0 Å². The lowest BCUT2D eigenvalue weighted by molar-refractivity contribution is -0.139. The van der Waals surface area contributed by atoms with Gasteiger partial charge >= 0.3 is 5.97 Å². The Morgan fingerprint density at radius 1 is 1.10 bits per heavy atom. The van der Waals surface area contributed by atoms with Crippen molar-refractivity contribution in [2.24, 2.45) is 0 Å². The number of pyridine rings is 1. The molecule has 2 aromatic heterocycles. The first-order chi connectivity index (χ1) is 14.6. The van der Waals surface area contributed by atoms with Gasteiger partial charge < -0.3 is 9.30 Å². The summed E-state index contributed by atoms with van der Waals surface area (Å²) in [6, 6.07) is 20.2. The van der Waals surface area contributed by atoms with Crippen LogP contribution in [0.2, 0.25) is 0 Å². The van der Waals surface area contributed by atoms with Gasteiger partial charge in [-0.3, -0.25) is 4.79 Å². The largest absolute Gasteiger partial charge is 0.468 e. The summed E-state index contributed by atoms with van der Waals surface area (Å²) in [5, 5.41) is 10.2. The van der Waals surface area contributed by atoms with Crippen LogP contribution in [0, 0.1) is 0 Å². The molecule has 30 heavy (non-hydrogen) atoms. The van der Waals surface area contributed by atoms with Crippen molar-refractivity contribution in [3.05, 3.63) is 60.7 Å². The number of hydrogen-bond acceptors (Lipinski definition) is 6. The van der Waals surface area contributed by atoms with E-state index in [1.165, 1.54) is 18.9 Å². The molecule has 0 spiro atoms. The van der Waals surface area contributed by atoms with Crippen molar-refractivity contribution in [3.8, 4) is 22.6 Å². The number of carbonyl (C=O) groups is 1. The van der Waals surface area contributed by atoms with E-state index < -0.39 is 0 Å². The molecule has 0 bridgehead atoms. The van der Waals surface area contributed by atoms with Crippen LogP contribution in [-0.4, -0.2) is 38.1 Å². The van der Waals surface area contributed by atoms with E-state index in [-0.39, 0.29) is 11.2 Å². The fraction of sp³-hybridized carbons (Fsp3) is 0.217. The molecule has 0 fully saturated rings. The lowest BCUT2D eigenvalue weighted by Gasteiger charge is -2.13. The molecule has 0 amide bonds. The maximum atomic E-state index is 11.9. The van der Waals surface area contributed by atoms with E-state index in [1.54, 1.807) is 6.92 Å². The van der Waals surface area contributed by atoms with Crippen molar-refractivity contribution >= 4 is 28.6 Å². The lowest BCUT2D eigenvalue weighted by atomic mass is 10.0. The van der Waals surface area contributed by atoms with Crippen molar-refractivity contribution in [2.45, 2.75) is 30.8 Å². The van der Waals surface area contributed by atoms with Crippen LogP contribution in [0.25, 0.3) is 33.5 Å². The second-order valence-corrected chi connectivity index (χ2v) is 8.08. The van der Waals surface area contributed by atoms with Gasteiger partial charge in [0.25, 0.3) is 0 Å². The van der Waals surface area contributed by atoms with Gasteiger partial charge in [-0.2, -0.15) is 0 Å². The fourth-order valence-electron chi connectivity index (χ4n) is 3.35. The zero-order chi connectivity index (χ0) is 21.1. The maximum Gasteiger partial charge on any atom is 0.318 e. The van der Waals surface area contributed by atoms with Crippen molar-refractivity contribution in [2.75, 3.05) is 7.11 Å². The molecule has 2 aromatic carbocycles. The van der Waals surface area contributed by atoms with Crippen molar-refractivity contribution in [3.63, 3.8) is 0 Å². The zero-order valence-corrected chi connectivity index (χ0v) is 17.9. The molecule has 152 valence electrons. The fourth-order valence-corrected chi connectivity index (χ4v) is 4.29. The third-order valence-electron chi connectivity index (χ3n) is 4.88. The molecule has 1 unspecified atom stereocenters. The molecule has 0 saturated heterocycles. The van der Waals surface area contributed by atoms with Gasteiger partial charge in [-0.1, -0.05) is 60.3 Å².